The third kappa shape index (κ3) is 8.95. The van der Waals surface area contributed by atoms with Crippen LogP contribution in [0, 0.1) is 0 Å². The van der Waals surface area contributed by atoms with E-state index < -0.39 is 10.0 Å². The van der Waals surface area contributed by atoms with E-state index in [0.29, 0.717) is 24.7 Å². The van der Waals surface area contributed by atoms with Crippen molar-refractivity contribution < 1.29 is 8.42 Å². The van der Waals surface area contributed by atoms with Gasteiger partial charge in [-0.3, -0.25) is 14.6 Å². The van der Waals surface area contributed by atoms with E-state index in [1.807, 2.05) is 12.1 Å². The predicted molar refractivity (Wildman–Crippen MR) is 143 cm³/mol. The molecule has 1 aliphatic rings. The highest BCUT2D eigenvalue weighted by Gasteiger charge is 2.10. The molecular formula is C23H34IN5O2S. The zero-order valence-electron chi connectivity index (χ0n) is 18.8. The lowest BCUT2D eigenvalue weighted by molar-refractivity contribution is 0.221. The van der Waals surface area contributed by atoms with E-state index in [1.165, 1.54) is 43.5 Å². The van der Waals surface area contributed by atoms with Crippen molar-refractivity contribution >= 4 is 45.6 Å². The maximum Gasteiger partial charge on any atom is 0.229 e. The quantitative estimate of drug-likeness (QED) is 0.257. The van der Waals surface area contributed by atoms with Crippen molar-refractivity contribution in [3.63, 3.8) is 0 Å². The Morgan fingerprint density at radius 1 is 0.938 bits per heavy atom. The number of hydrogen-bond acceptors (Lipinski definition) is 4. The molecule has 1 aliphatic heterocycles. The second-order valence-electron chi connectivity index (χ2n) is 7.96. The Kier molecular flexibility index (Phi) is 10.7. The van der Waals surface area contributed by atoms with Crippen LogP contribution in [0.5, 0.6) is 0 Å². The Hall–Kier alpha value is -1.85. The van der Waals surface area contributed by atoms with Gasteiger partial charge in [-0.25, -0.2) is 8.42 Å². The second-order valence-corrected chi connectivity index (χ2v) is 9.71. The molecule has 2 aromatic carbocycles. The van der Waals surface area contributed by atoms with E-state index in [-0.39, 0.29) is 24.0 Å². The number of sulfonamides is 1. The van der Waals surface area contributed by atoms with Gasteiger partial charge in [0.1, 0.15) is 0 Å². The zero-order valence-corrected chi connectivity index (χ0v) is 21.9. The zero-order chi connectivity index (χ0) is 22.1. The van der Waals surface area contributed by atoms with Crippen molar-refractivity contribution in [2.24, 2.45) is 4.99 Å². The Morgan fingerprint density at radius 3 is 2.22 bits per heavy atom. The van der Waals surface area contributed by atoms with Gasteiger partial charge in [0, 0.05) is 26.7 Å². The molecule has 7 nitrogen and oxygen atoms in total. The van der Waals surface area contributed by atoms with Gasteiger partial charge in [-0.1, -0.05) is 48.9 Å². The van der Waals surface area contributed by atoms with E-state index in [1.54, 1.807) is 19.2 Å². The molecule has 2 aromatic rings. The summed E-state index contributed by atoms with van der Waals surface area (Å²) in [5.74, 6) is 0.659. The number of likely N-dealkylation sites (tertiary alicyclic amines) is 1. The molecule has 0 spiro atoms. The van der Waals surface area contributed by atoms with Gasteiger partial charge >= 0.3 is 0 Å². The van der Waals surface area contributed by atoms with Crippen LogP contribution in [0.1, 0.15) is 36.0 Å². The summed E-state index contributed by atoms with van der Waals surface area (Å²) in [4.78, 5) is 6.79. The molecule has 176 valence electrons. The highest BCUT2D eigenvalue weighted by molar-refractivity contribution is 14.0. The van der Waals surface area contributed by atoms with Crippen LogP contribution in [0.25, 0.3) is 0 Å². The molecule has 0 amide bonds. The van der Waals surface area contributed by atoms with Gasteiger partial charge in [-0.15, -0.1) is 24.0 Å². The molecule has 0 atom stereocenters. The molecule has 1 saturated heterocycles. The van der Waals surface area contributed by atoms with Crippen LogP contribution in [-0.2, 0) is 29.7 Å². The summed E-state index contributed by atoms with van der Waals surface area (Å²) < 4.78 is 25.7. The molecule has 32 heavy (non-hydrogen) atoms. The summed E-state index contributed by atoms with van der Waals surface area (Å²) >= 11 is 0. The Balaban J connectivity index is 0.00000363. The minimum atomic E-state index is -3.33. The molecule has 9 heteroatoms. The van der Waals surface area contributed by atoms with Crippen molar-refractivity contribution in [1.82, 2.24) is 15.5 Å². The van der Waals surface area contributed by atoms with E-state index in [9.17, 15) is 8.42 Å². The lowest BCUT2D eigenvalue weighted by Crippen LogP contribution is -2.36. The molecule has 1 heterocycles. The van der Waals surface area contributed by atoms with Crippen LogP contribution < -0.4 is 15.4 Å². The van der Waals surface area contributed by atoms with Crippen LogP contribution in [0.3, 0.4) is 0 Å². The summed E-state index contributed by atoms with van der Waals surface area (Å²) in [5, 5.41) is 6.56. The third-order valence-corrected chi connectivity index (χ3v) is 5.91. The van der Waals surface area contributed by atoms with Gasteiger partial charge < -0.3 is 10.6 Å². The standard InChI is InChI=1S/C23H33N5O2S.HI/c1-24-23(26-17-21-8-4-5-9-22(21)27-31(2,29)30)25-16-19-10-12-20(13-11-19)18-28-14-6-3-7-15-28;/h4-5,8-13,27H,3,6-7,14-18H2,1-2H3,(H2,24,25,26);1H. The number of rotatable bonds is 8. The third-order valence-electron chi connectivity index (χ3n) is 5.32. The number of para-hydroxylation sites is 1. The fraction of sp³-hybridized carbons (Fsp3) is 0.435. The highest BCUT2D eigenvalue weighted by atomic mass is 127. The second kappa shape index (κ2) is 13.0. The summed E-state index contributed by atoms with van der Waals surface area (Å²) in [5.41, 5.74) is 3.95. The Labute approximate surface area is 209 Å². The first-order valence-corrected chi connectivity index (χ1v) is 12.6. The van der Waals surface area contributed by atoms with Crippen molar-refractivity contribution in [2.75, 3.05) is 31.1 Å². The monoisotopic (exact) mass is 571 g/mol. The molecule has 0 bridgehead atoms. The van der Waals surface area contributed by atoms with Gasteiger partial charge in [-0.2, -0.15) is 0 Å². The van der Waals surface area contributed by atoms with Gasteiger partial charge in [0.25, 0.3) is 0 Å². The molecule has 3 N–H and O–H groups in total. The number of nitrogens with one attached hydrogen (secondary N) is 3. The number of anilines is 1. The van der Waals surface area contributed by atoms with E-state index in [0.717, 1.165) is 18.4 Å². The molecule has 0 aromatic heterocycles. The normalized spacial score (nSPS) is 15.0. The molecule has 1 fully saturated rings. The molecule has 0 aliphatic carbocycles. The van der Waals surface area contributed by atoms with Crippen molar-refractivity contribution in [3.8, 4) is 0 Å². The van der Waals surface area contributed by atoms with Crippen LogP contribution in [0.4, 0.5) is 5.69 Å². The first-order chi connectivity index (χ1) is 14.9. The minimum Gasteiger partial charge on any atom is -0.352 e. The number of piperidine rings is 1. The Morgan fingerprint density at radius 2 is 1.56 bits per heavy atom. The van der Waals surface area contributed by atoms with Crippen molar-refractivity contribution in [2.45, 2.75) is 38.9 Å². The fourth-order valence-electron chi connectivity index (χ4n) is 3.70. The maximum atomic E-state index is 11.6. The van der Waals surface area contributed by atoms with Crippen LogP contribution in [0.15, 0.2) is 53.5 Å². The van der Waals surface area contributed by atoms with Crippen molar-refractivity contribution in [3.05, 3.63) is 65.2 Å². The summed E-state index contributed by atoms with van der Waals surface area (Å²) in [7, 11) is -1.61. The SMILES string of the molecule is CN=C(NCc1ccc(CN2CCCCC2)cc1)NCc1ccccc1NS(C)(=O)=O.I. The number of nitrogens with zero attached hydrogens (tertiary/aromatic N) is 2. The molecular weight excluding hydrogens is 537 g/mol. The fourth-order valence-corrected chi connectivity index (χ4v) is 4.30. The highest BCUT2D eigenvalue weighted by Crippen LogP contribution is 2.16. The van der Waals surface area contributed by atoms with Gasteiger partial charge in [0.15, 0.2) is 5.96 Å². The lowest BCUT2D eigenvalue weighted by atomic mass is 10.1. The largest absolute Gasteiger partial charge is 0.352 e. The average molecular weight is 572 g/mol. The number of benzene rings is 2. The number of hydrogen-bond donors (Lipinski definition) is 3. The number of aliphatic imine (C=N–C) groups is 1. The lowest BCUT2D eigenvalue weighted by Gasteiger charge is -2.26. The molecule has 3 rings (SSSR count). The molecule has 0 radical (unpaired) electrons. The first kappa shape index (κ1) is 26.4. The molecule has 0 saturated carbocycles. The smallest absolute Gasteiger partial charge is 0.229 e. The first-order valence-electron chi connectivity index (χ1n) is 10.7. The predicted octanol–water partition coefficient (Wildman–Crippen LogP) is 3.53. The molecule has 0 unspecified atom stereocenters. The summed E-state index contributed by atoms with van der Waals surface area (Å²) in [6.07, 6.45) is 5.12. The van der Waals surface area contributed by atoms with Gasteiger partial charge in [-0.05, 0) is 48.7 Å². The van der Waals surface area contributed by atoms with Gasteiger partial charge in [0.2, 0.25) is 10.0 Å². The summed E-state index contributed by atoms with van der Waals surface area (Å²) in [6, 6.07) is 16.0. The van der Waals surface area contributed by atoms with Crippen molar-refractivity contribution in [1.29, 1.82) is 0 Å². The van der Waals surface area contributed by atoms with E-state index in [4.69, 9.17) is 0 Å². The number of halogens is 1. The minimum absolute atomic E-state index is 0. The topological polar surface area (TPSA) is 85.8 Å². The van der Waals surface area contributed by atoms with Crippen LogP contribution in [-0.4, -0.2) is 45.7 Å². The average Bonchev–Trinajstić information content (AvgIpc) is 2.75. The van der Waals surface area contributed by atoms with E-state index in [2.05, 4.69) is 49.5 Å². The van der Waals surface area contributed by atoms with E-state index >= 15 is 0 Å². The van der Waals surface area contributed by atoms with Gasteiger partial charge in [0.05, 0.1) is 11.9 Å². The number of guanidine groups is 1. The van der Waals surface area contributed by atoms with Crippen LogP contribution >= 0.6 is 24.0 Å². The van der Waals surface area contributed by atoms with Crippen LogP contribution in [0.2, 0.25) is 0 Å². The maximum absolute atomic E-state index is 11.6. The Bertz CT molecular complexity index is 974. The summed E-state index contributed by atoms with van der Waals surface area (Å²) in [6.45, 7) is 4.54.